The molecule has 1 aromatic carbocycles. The van der Waals surface area contributed by atoms with Gasteiger partial charge in [0.25, 0.3) is 0 Å². The van der Waals surface area contributed by atoms with Crippen LogP contribution in [0.15, 0.2) is 18.2 Å². The highest BCUT2D eigenvalue weighted by Gasteiger charge is 2.11. The van der Waals surface area contributed by atoms with E-state index in [-0.39, 0.29) is 0 Å². The molecular weight excluding hydrogens is 248 g/mol. The summed E-state index contributed by atoms with van der Waals surface area (Å²) in [6, 6.07) is 6.54. The molecule has 0 saturated heterocycles. The minimum atomic E-state index is 0.873. The van der Waals surface area contributed by atoms with Gasteiger partial charge in [0.2, 0.25) is 0 Å². The van der Waals surface area contributed by atoms with Crippen molar-refractivity contribution in [2.75, 3.05) is 6.54 Å². The smallest absolute Gasteiger partial charge is 0.151 e. The van der Waals surface area contributed by atoms with Gasteiger partial charge in [-0.3, -0.25) is 0 Å². The molecule has 0 saturated carbocycles. The van der Waals surface area contributed by atoms with Crippen LogP contribution in [0.1, 0.15) is 43.5 Å². The Balaban J connectivity index is 2.35. The molecule has 0 aliphatic rings. The van der Waals surface area contributed by atoms with Crippen LogP contribution in [0.25, 0.3) is 5.69 Å². The quantitative estimate of drug-likeness (QED) is 0.879. The maximum atomic E-state index is 4.61. The summed E-state index contributed by atoms with van der Waals surface area (Å²) in [6.07, 6.45) is 1.77. The lowest BCUT2D eigenvalue weighted by molar-refractivity contribution is 0.724. The Labute approximate surface area is 121 Å². The summed E-state index contributed by atoms with van der Waals surface area (Å²) in [4.78, 5) is 4.58. The lowest BCUT2D eigenvalue weighted by Crippen LogP contribution is -2.12. The predicted molar refractivity (Wildman–Crippen MR) is 82.2 cm³/mol. The topological polar surface area (TPSA) is 42.7 Å². The van der Waals surface area contributed by atoms with Gasteiger partial charge in [-0.15, -0.1) is 0 Å². The monoisotopic (exact) mass is 272 g/mol. The normalized spacial score (nSPS) is 11.0. The van der Waals surface area contributed by atoms with E-state index in [0.717, 1.165) is 43.3 Å². The Hall–Kier alpha value is -1.68. The Morgan fingerprint density at radius 1 is 1.15 bits per heavy atom. The Bertz CT molecular complexity index is 572. The minimum Gasteiger partial charge on any atom is -0.313 e. The molecule has 20 heavy (non-hydrogen) atoms. The second-order valence-corrected chi connectivity index (χ2v) is 4.96. The fraction of sp³-hybridized carbons (Fsp3) is 0.500. The van der Waals surface area contributed by atoms with E-state index >= 15 is 0 Å². The number of nitrogens with zero attached hydrogens (tertiary/aromatic N) is 3. The van der Waals surface area contributed by atoms with Gasteiger partial charge in [0.15, 0.2) is 5.82 Å². The van der Waals surface area contributed by atoms with Crippen LogP contribution >= 0.6 is 0 Å². The molecule has 0 aliphatic heterocycles. The molecule has 108 valence electrons. The van der Waals surface area contributed by atoms with E-state index in [1.54, 1.807) is 0 Å². The molecule has 1 N–H and O–H groups in total. The molecule has 0 bridgehead atoms. The number of aromatic nitrogens is 3. The number of hydrogen-bond donors (Lipinski definition) is 1. The molecule has 0 spiro atoms. The highest BCUT2D eigenvalue weighted by Crippen LogP contribution is 2.17. The van der Waals surface area contributed by atoms with Gasteiger partial charge < -0.3 is 5.32 Å². The largest absolute Gasteiger partial charge is 0.313 e. The van der Waals surface area contributed by atoms with Crippen LogP contribution in [0.3, 0.4) is 0 Å². The lowest BCUT2D eigenvalue weighted by Gasteiger charge is -2.10. The van der Waals surface area contributed by atoms with Crippen molar-refractivity contribution in [2.24, 2.45) is 0 Å². The second-order valence-electron chi connectivity index (χ2n) is 4.96. The van der Waals surface area contributed by atoms with Crippen molar-refractivity contribution >= 4 is 0 Å². The fourth-order valence-corrected chi connectivity index (χ4v) is 2.30. The highest BCUT2D eigenvalue weighted by molar-refractivity contribution is 5.42. The van der Waals surface area contributed by atoms with Crippen LogP contribution < -0.4 is 5.32 Å². The molecule has 0 amide bonds. The first kappa shape index (κ1) is 14.7. The van der Waals surface area contributed by atoms with Gasteiger partial charge >= 0.3 is 0 Å². The summed E-state index contributed by atoms with van der Waals surface area (Å²) in [7, 11) is 0. The fourth-order valence-electron chi connectivity index (χ4n) is 2.30. The molecule has 0 fully saturated rings. The van der Waals surface area contributed by atoms with E-state index in [0.29, 0.717) is 0 Å². The average Bonchev–Trinajstić information content (AvgIpc) is 2.88. The lowest BCUT2D eigenvalue weighted by atomic mass is 10.1. The number of nitrogens with one attached hydrogen (secondary N) is 1. The van der Waals surface area contributed by atoms with Crippen molar-refractivity contribution in [3.05, 3.63) is 41.0 Å². The Morgan fingerprint density at radius 3 is 2.55 bits per heavy atom. The van der Waals surface area contributed by atoms with Gasteiger partial charge in [-0.2, -0.15) is 5.10 Å². The molecule has 4 heteroatoms. The average molecular weight is 272 g/mol. The van der Waals surface area contributed by atoms with Crippen LogP contribution in [-0.2, 0) is 19.4 Å². The molecule has 0 atom stereocenters. The molecule has 2 aromatic rings. The Morgan fingerprint density at radius 2 is 1.95 bits per heavy atom. The van der Waals surface area contributed by atoms with Crippen LogP contribution in [0, 0.1) is 6.92 Å². The molecule has 0 radical (unpaired) electrons. The molecule has 0 unspecified atom stereocenters. The first-order valence-electron chi connectivity index (χ1n) is 7.45. The summed E-state index contributed by atoms with van der Waals surface area (Å²) < 4.78 is 1.99. The summed E-state index contributed by atoms with van der Waals surface area (Å²) >= 11 is 0. The number of rotatable bonds is 6. The standard InChI is InChI=1S/C16H24N4/c1-5-15-18-16(6-2)20(19-15)14-9-8-13(10-12(14)4)11-17-7-3/h8-10,17H,5-7,11H2,1-4H3. The molecular formula is C16H24N4. The number of benzene rings is 1. The summed E-state index contributed by atoms with van der Waals surface area (Å²) in [6.45, 7) is 10.4. The van der Waals surface area contributed by atoms with Crippen molar-refractivity contribution in [3.8, 4) is 5.69 Å². The van der Waals surface area contributed by atoms with Gasteiger partial charge in [-0.25, -0.2) is 9.67 Å². The minimum absolute atomic E-state index is 0.873. The van der Waals surface area contributed by atoms with Crippen LogP contribution in [0.5, 0.6) is 0 Å². The van der Waals surface area contributed by atoms with Gasteiger partial charge in [-0.05, 0) is 30.7 Å². The molecule has 1 aromatic heterocycles. The van der Waals surface area contributed by atoms with Gasteiger partial charge in [0.05, 0.1) is 5.69 Å². The molecule has 0 aliphatic carbocycles. The van der Waals surface area contributed by atoms with Crippen molar-refractivity contribution in [3.63, 3.8) is 0 Å². The van der Waals surface area contributed by atoms with E-state index in [1.807, 2.05) is 4.68 Å². The zero-order valence-electron chi connectivity index (χ0n) is 12.9. The van der Waals surface area contributed by atoms with Crippen molar-refractivity contribution in [1.29, 1.82) is 0 Å². The number of aryl methyl sites for hydroxylation is 3. The van der Waals surface area contributed by atoms with Crippen molar-refractivity contribution < 1.29 is 0 Å². The summed E-state index contributed by atoms with van der Waals surface area (Å²) in [5, 5.41) is 7.96. The zero-order valence-corrected chi connectivity index (χ0v) is 12.9. The van der Waals surface area contributed by atoms with Crippen molar-refractivity contribution in [2.45, 2.75) is 47.1 Å². The zero-order chi connectivity index (χ0) is 14.5. The van der Waals surface area contributed by atoms with E-state index in [4.69, 9.17) is 0 Å². The maximum Gasteiger partial charge on any atom is 0.151 e. The highest BCUT2D eigenvalue weighted by atomic mass is 15.3. The molecule has 4 nitrogen and oxygen atoms in total. The van der Waals surface area contributed by atoms with E-state index < -0.39 is 0 Å². The van der Waals surface area contributed by atoms with Crippen LogP contribution in [0.2, 0.25) is 0 Å². The third-order valence-electron chi connectivity index (χ3n) is 3.42. The van der Waals surface area contributed by atoms with Crippen LogP contribution in [-0.4, -0.2) is 21.3 Å². The van der Waals surface area contributed by atoms with Gasteiger partial charge in [0, 0.05) is 19.4 Å². The van der Waals surface area contributed by atoms with E-state index in [2.05, 4.69) is 61.3 Å². The predicted octanol–water partition coefficient (Wildman–Crippen LogP) is 2.81. The molecule has 2 rings (SSSR count). The SMILES string of the molecule is CCNCc1ccc(-n2nc(CC)nc2CC)c(C)c1. The Kier molecular flexibility index (Phi) is 4.90. The third-order valence-corrected chi connectivity index (χ3v) is 3.42. The third kappa shape index (κ3) is 3.07. The van der Waals surface area contributed by atoms with Gasteiger partial charge in [0.1, 0.15) is 5.82 Å². The van der Waals surface area contributed by atoms with Gasteiger partial charge in [-0.1, -0.05) is 32.9 Å². The molecule has 1 heterocycles. The summed E-state index contributed by atoms with van der Waals surface area (Å²) in [5.74, 6) is 1.95. The summed E-state index contributed by atoms with van der Waals surface area (Å²) in [5.41, 5.74) is 3.68. The van der Waals surface area contributed by atoms with Crippen molar-refractivity contribution in [1.82, 2.24) is 20.1 Å². The first-order valence-corrected chi connectivity index (χ1v) is 7.45. The van der Waals surface area contributed by atoms with Crippen LogP contribution in [0.4, 0.5) is 0 Å². The number of hydrogen-bond acceptors (Lipinski definition) is 3. The second kappa shape index (κ2) is 6.66. The van der Waals surface area contributed by atoms with E-state index in [1.165, 1.54) is 11.1 Å². The van der Waals surface area contributed by atoms with E-state index in [9.17, 15) is 0 Å². The maximum absolute atomic E-state index is 4.61. The first-order chi connectivity index (χ1) is 9.69.